The van der Waals surface area contributed by atoms with Crippen molar-refractivity contribution < 1.29 is 0 Å². The molecule has 0 amide bonds. The van der Waals surface area contributed by atoms with E-state index >= 15 is 0 Å². The lowest BCUT2D eigenvalue weighted by atomic mass is 10.1. The number of hydrogen-bond donors (Lipinski definition) is 1. The van der Waals surface area contributed by atoms with Gasteiger partial charge in [-0.1, -0.05) is 13.8 Å². The molecule has 3 heteroatoms. The summed E-state index contributed by atoms with van der Waals surface area (Å²) in [6.45, 7) is 4.14. The second-order valence-electron chi connectivity index (χ2n) is 2.70. The van der Waals surface area contributed by atoms with Gasteiger partial charge in [0.2, 0.25) is 0 Å². The van der Waals surface area contributed by atoms with Gasteiger partial charge in [0.15, 0.2) is 0 Å². The molecule has 0 spiro atoms. The Bertz CT molecular complexity index is 294. The predicted octanol–water partition coefficient (Wildman–Crippen LogP) is 2.33. The second kappa shape index (κ2) is 2.93. The van der Waals surface area contributed by atoms with E-state index in [2.05, 4.69) is 19.9 Å². The average Bonchev–Trinajstić information content (AvgIpc) is 2.30. The van der Waals surface area contributed by atoms with E-state index in [-0.39, 0.29) is 0 Å². The molecule has 0 aliphatic carbocycles. The maximum absolute atomic E-state index is 8.59. The van der Waals surface area contributed by atoms with Crippen LogP contribution in [0.4, 0.5) is 5.69 Å². The van der Waals surface area contributed by atoms with Crippen LogP contribution in [0.5, 0.6) is 0 Å². The van der Waals surface area contributed by atoms with E-state index in [0.29, 0.717) is 16.5 Å². The first kappa shape index (κ1) is 8.09. The van der Waals surface area contributed by atoms with Crippen LogP contribution < -0.4 is 5.73 Å². The van der Waals surface area contributed by atoms with Crippen LogP contribution in [0, 0.1) is 11.3 Å². The lowest BCUT2D eigenvalue weighted by Crippen LogP contribution is -1.92. The van der Waals surface area contributed by atoms with Gasteiger partial charge in [-0.15, -0.1) is 11.3 Å². The lowest BCUT2D eigenvalue weighted by molar-refractivity contribution is 0.875. The molecule has 1 rings (SSSR count). The van der Waals surface area contributed by atoms with Gasteiger partial charge in [0, 0.05) is 0 Å². The average molecular weight is 166 g/mol. The van der Waals surface area contributed by atoms with Crippen LogP contribution in [0.1, 0.15) is 30.2 Å². The molecule has 0 atom stereocenters. The van der Waals surface area contributed by atoms with Crippen molar-refractivity contribution >= 4 is 17.0 Å². The quantitative estimate of drug-likeness (QED) is 0.696. The van der Waals surface area contributed by atoms with Crippen molar-refractivity contribution in [3.8, 4) is 6.07 Å². The Morgan fingerprint density at radius 3 is 2.55 bits per heavy atom. The van der Waals surface area contributed by atoms with Crippen LogP contribution in [0.3, 0.4) is 0 Å². The fourth-order valence-corrected chi connectivity index (χ4v) is 1.86. The molecule has 2 N–H and O–H groups in total. The van der Waals surface area contributed by atoms with Crippen LogP contribution in [0.25, 0.3) is 0 Å². The molecule has 0 aliphatic rings. The van der Waals surface area contributed by atoms with E-state index in [0.717, 1.165) is 5.56 Å². The van der Waals surface area contributed by atoms with Crippen molar-refractivity contribution in [3.05, 3.63) is 15.8 Å². The van der Waals surface area contributed by atoms with Gasteiger partial charge < -0.3 is 5.73 Å². The second-order valence-corrected chi connectivity index (χ2v) is 3.58. The molecule has 0 aliphatic heterocycles. The Labute approximate surface area is 70.3 Å². The van der Waals surface area contributed by atoms with Gasteiger partial charge in [0.05, 0.1) is 5.69 Å². The summed E-state index contributed by atoms with van der Waals surface area (Å²) in [7, 11) is 0. The first-order chi connectivity index (χ1) is 5.16. The smallest absolute Gasteiger partial charge is 0.128 e. The van der Waals surface area contributed by atoms with E-state index in [4.69, 9.17) is 11.0 Å². The number of thiophene rings is 1. The number of nitrogens with two attached hydrogens (primary N) is 1. The molecular weight excluding hydrogens is 156 g/mol. The summed E-state index contributed by atoms with van der Waals surface area (Å²) >= 11 is 1.42. The number of nitriles is 1. The van der Waals surface area contributed by atoms with Crippen molar-refractivity contribution in [2.24, 2.45) is 0 Å². The first-order valence-corrected chi connectivity index (χ1v) is 4.31. The van der Waals surface area contributed by atoms with Gasteiger partial charge in [-0.2, -0.15) is 5.26 Å². The highest BCUT2D eigenvalue weighted by atomic mass is 32.1. The van der Waals surface area contributed by atoms with Crippen LogP contribution in [-0.2, 0) is 0 Å². The highest BCUT2D eigenvalue weighted by Crippen LogP contribution is 2.29. The molecule has 1 heterocycles. The van der Waals surface area contributed by atoms with Gasteiger partial charge in [0.1, 0.15) is 10.9 Å². The summed E-state index contributed by atoms with van der Waals surface area (Å²) in [6, 6.07) is 2.06. The minimum Gasteiger partial charge on any atom is -0.397 e. The summed E-state index contributed by atoms with van der Waals surface area (Å²) in [6.07, 6.45) is 0. The number of nitrogens with zero attached hydrogens (tertiary/aromatic N) is 1. The third kappa shape index (κ3) is 1.36. The van der Waals surface area contributed by atoms with Crippen LogP contribution in [0.2, 0.25) is 0 Å². The van der Waals surface area contributed by atoms with Crippen LogP contribution in [0.15, 0.2) is 5.38 Å². The molecule has 0 radical (unpaired) electrons. The molecule has 0 aromatic carbocycles. The predicted molar refractivity (Wildman–Crippen MR) is 47.5 cm³/mol. The standard InChI is InChI=1S/C8H10N2S/c1-5(2)6-4-11-7(3-9)8(6)10/h4-5H,10H2,1-2H3. The fourth-order valence-electron chi connectivity index (χ4n) is 0.914. The largest absolute Gasteiger partial charge is 0.397 e. The number of rotatable bonds is 1. The Kier molecular flexibility index (Phi) is 2.16. The van der Waals surface area contributed by atoms with Crippen molar-refractivity contribution in [1.82, 2.24) is 0 Å². The Balaban J connectivity index is 3.13. The fraction of sp³-hybridized carbons (Fsp3) is 0.375. The maximum Gasteiger partial charge on any atom is 0.128 e. The molecule has 0 saturated carbocycles. The molecule has 0 fully saturated rings. The summed E-state index contributed by atoms with van der Waals surface area (Å²) in [5.74, 6) is 0.411. The van der Waals surface area contributed by atoms with Crippen molar-refractivity contribution in [2.45, 2.75) is 19.8 Å². The first-order valence-electron chi connectivity index (χ1n) is 3.43. The van der Waals surface area contributed by atoms with Gasteiger partial charge in [-0.25, -0.2) is 0 Å². The summed E-state index contributed by atoms with van der Waals surface area (Å²) < 4.78 is 0. The van der Waals surface area contributed by atoms with Crippen LogP contribution in [-0.4, -0.2) is 0 Å². The van der Waals surface area contributed by atoms with E-state index in [1.54, 1.807) is 0 Å². The Morgan fingerprint density at radius 2 is 2.27 bits per heavy atom. The minimum absolute atomic E-state index is 0.411. The zero-order chi connectivity index (χ0) is 8.43. The third-order valence-electron chi connectivity index (χ3n) is 1.58. The van der Waals surface area contributed by atoms with Crippen molar-refractivity contribution in [3.63, 3.8) is 0 Å². The molecular formula is C8H10N2S. The lowest BCUT2D eigenvalue weighted by Gasteiger charge is -2.01. The Hall–Kier alpha value is -1.01. The van der Waals surface area contributed by atoms with E-state index in [9.17, 15) is 0 Å². The van der Waals surface area contributed by atoms with Gasteiger partial charge in [0.25, 0.3) is 0 Å². The number of hydrogen-bond acceptors (Lipinski definition) is 3. The van der Waals surface area contributed by atoms with Gasteiger partial charge in [-0.05, 0) is 16.9 Å². The summed E-state index contributed by atoms with van der Waals surface area (Å²) in [4.78, 5) is 0.633. The van der Waals surface area contributed by atoms with Crippen molar-refractivity contribution in [2.75, 3.05) is 5.73 Å². The normalized spacial score (nSPS) is 10.0. The summed E-state index contributed by atoms with van der Waals surface area (Å²) in [5.41, 5.74) is 7.45. The van der Waals surface area contributed by atoms with Crippen molar-refractivity contribution in [1.29, 1.82) is 5.26 Å². The zero-order valence-corrected chi connectivity index (χ0v) is 7.40. The highest BCUT2D eigenvalue weighted by Gasteiger charge is 2.09. The monoisotopic (exact) mass is 166 g/mol. The molecule has 11 heavy (non-hydrogen) atoms. The molecule has 0 bridgehead atoms. The SMILES string of the molecule is CC(C)c1csc(C#N)c1N. The number of anilines is 1. The molecule has 0 unspecified atom stereocenters. The van der Waals surface area contributed by atoms with E-state index in [1.807, 2.05) is 5.38 Å². The molecule has 58 valence electrons. The molecule has 2 nitrogen and oxygen atoms in total. The molecule has 0 saturated heterocycles. The van der Waals surface area contributed by atoms with Crippen LogP contribution >= 0.6 is 11.3 Å². The topological polar surface area (TPSA) is 49.8 Å². The third-order valence-corrected chi connectivity index (χ3v) is 2.50. The number of nitrogen functional groups attached to an aromatic ring is 1. The Morgan fingerprint density at radius 1 is 1.64 bits per heavy atom. The maximum atomic E-state index is 8.59. The summed E-state index contributed by atoms with van der Waals surface area (Å²) in [5, 5.41) is 10.6. The van der Waals surface area contributed by atoms with Gasteiger partial charge >= 0.3 is 0 Å². The van der Waals surface area contributed by atoms with Gasteiger partial charge in [-0.3, -0.25) is 0 Å². The zero-order valence-electron chi connectivity index (χ0n) is 6.59. The minimum atomic E-state index is 0.411. The molecule has 1 aromatic heterocycles. The van der Waals surface area contributed by atoms with E-state index in [1.165, 1.54) is 11.3 Å². The highest BCUT2D eigenvalue weighted by molar-refractivity contribution is 7.11. The van der Waals surface area contributed by atoms with E-state index < -0.39 is 0 Å². The molecule has 1 aromatic rings.